The zero-order valence-electron chi connectivity index (χ0n) is 24.7. The van der Waals surface area contributed by atoms with Crippen LogP contribution in [0.15, 0.2) is 65.6 Å². The summed E-state index contributed by atoms with van der Waals surface area (Å²) < 4.78 is 30.8. The summed E-state index contributed by atoms with van der Waals surface area (Å²) in [5, 5.41) is 10.3. The summed E-state index contributed by atoms with van der Waals surface area (Å²) in [6.45, 7) is 7.62. The molecule has 0 amide bonds. The molecular weight excluding hydrogens is 574 g/mol. The zero-order chi connectivity index (χ0) is 30.3. The lowest BCUT2D eigenvalue weighted by Gasteiger charge is -2.20. The Morgan fingerprint density at radius 3 is 1.98 bits per heavy atom. The molecule has 0 bridgehead atoms. The summed E-state index contributed by atoms with van der Waals surface area (Å²) in [7, 11) is 1.94. The third kappa shape index (κ3) is 7.86. The van der Waals surface area contributed by atoms with Crippen molar-refractivity contribution < 1.29 is 28.8 Å². The fourth-order valence-corrected chi connectivity index (χ4v) is 5.36. The number of hydrogen-bond acceptors (Lipinski definition) is 7. The van der Waals surface area contributed by atoms with Crippen LogP contribution in [0.25, 0.3) is 10.9 Å². The van der Waals surface area contributed by atoms with Gasteiger partial charge < -0.3 is 33.4 Å². The molecular formula is C32H38ClNO7Si. The predicted octanol–water partition coefficient (Wildman–Crippen LogP) is 6.63. The predicted molar refractivity (Wildman–Crippen MR) is 168 cm³/mol. The van der Waals surface area contributed by atoms with E-state index < -0.39 is 14.7 Å². The van der Waals surface area contributed by atoms with Gasteiger partial charge in [-0.3, -0.25) is 4.79 Å². The maximum Gasteiger partial charge on any atom is 0.196 e. The largest absolute Gasteiger partial charge is 0.497 e. The molecule has 0 radical (unpaired) electrons. The maximum absolute atomic E-state index is 13.4. The molecule has 8 nitrogen and oxygen atoms in total. The third-order valence-electron chi connectivity index (χ3n) is 6.80. The van der Waals surface area contributed by atoms with Crippen molar-refractivity contribution in [3.8, 4) is 23.0 Å². The van der Waals surface area contributed by atoms with Crippen molar-refractivity contribution in [2.75, 3.05) is 20.8 Å². The van der Waals surface area contributed by atoms with E-state index in [0.29, 0.717) is 17.9 Å². The molecule has 0 fully saturated rings. The number of fused-ring (bicyclic) bond motifs is 1. The third-order valence-corrected chi connectivity index (χ3v) is 8.86. The molecule has 0 saturated carbocycles. The molecule has 0 atom stereocenters. The molecule has 1 N–H and O–H groups in total. The molecule has 4 rings (SSSR count). The fraction of sp³-hybridized carbons (Fsp3) is 0.344. The van der Waals surface area contributed by atoms with Crippen LogP contribution in [0.4, 0.5) is 0 Å². The van der Waals surface area contributed by atoms with Gasteiger partial charge in [0, 0.05) is 32.5 Å². The Labute approximate surface area is 252 Å². The van der Waals surface area contributed by atoms with Crippen LogP contribution in [0.2, 0.25) is 30.7 Å². The number of hydrogen-bond donors (Lipinski definition) is 1. The standard InChI is InChI=1S/C32H38ClNO7Si/c1-37-25-10-6-22(7-11-25)19-40-28-16-27-29(30(33)32(28)41-20-23-8-12-26(38-2)13-9-23)31(36)24(18-35)17-34(27)21-39-14-15-42(3,4)5/h6-13,16-17,35H,14-15,18-21H2,1-5H3. The van der Waals surface area contributed by atoms with Gasteiger partial charge in [0.05, 0.1) is 36.8 Å². The number of aliphatic hydroxyl groups is 1. The molecule has 10 heteroatoms. The van der Waals surface area contributed by atoms with Crippen molar-refractivity contribution in [1.29, 1.82) is 0 Å². The van der Waals surface area contributed by atoms with Crippen molar-refractivity contribution in [3.63, 3.8) is 0 Å². The van der Waals surface area contributed by atoms with E-state index in [1.54, 1.807) is 31.0 Å². The zero-order valence-corrected chi connectivity index (χ0v) is 26.5. The molecule has 4 aromatic rings. The second kappa shape index (κ2) is 14.1. The lowest BCUT2D eigenvalue weighted by molar-refractivity contribution is 0.0894. The Kier molecular flexibility index (Phi) is 10.6. The summed E-state index contributed by atoms with van der Waals surface area (Å²) in [4.78, 5) is 13.4. The first-order valence-corrected chi connectivity index (χ1v) is 17.8. The van der Waals surface area contributed by atoms with Gasteiger partial charge in [0.15, 0.2) is 16.9 Å². The number of benzene rings is 3. The Bertz CT molecular complexity index is 1550. The van der Waals surface area contributed by atoms with Gasteiger partial charge >= 0.3 is 0 Å². The molecule has 1 heterocycles. The smallest absolute Gasteiger partial charge is 0.196 e. The molecule has 0 aliphatic heterocycles. The van der Waals surface area contributed by atoms with Crippen molar-refractivity contribution in [1.82, 2.24) is 4.57 Å². The van der Waals surface area contributed by atoms with E-state index >= 15 is 0 Å². The lowest BCUT2D eigenvalue weighted by Crippen LogP contribution is -2.22. The van der Waals surface area contributed by atoms with Gasteiger partial charge in [-0.1, -0.05) is 55.5 Å². The Morgan fingerprint density at radius 2 is 1.45 bits per heavy atom. The number of nitrogens with zero attached hydrogens (tertiary/aromatic N) is 1. The average Bonchev–Trinajstić information content (AvgIpc) is 2.98. The van der Waals surface area contributed by atoms with Crippen LogP contribution in [0, 0.1) is 0 Å². The highest BCUT2D eigenvalue weighted by Crippen LogP contribution is 2.41. The first-order chi connectivity index (χ1) is 20.1. The number of aliphatic hydroxyl groups excluding tert-OH is 1. The van der Waals surface area contributed by atoms with Crippen LogP contribution < -0.4 is 24.4 Å². The first-order valence-electron chi connectivity index (χ1n) is 13.7. The average molecular weight is 612 g/mol. The van der Waals surface area contributed by atoms with Gasteiger partial charge in [0.25, 0.3) is 0 Å². The van der Waals surface area contributed by atoms with Crippen LogP contribution in [0.5, 0.6) is 23.0 Å². The van der Waals surface area contributed by atoms with Crippen LogP contribution in [0.1, 0.15) is 16.7 Å². The number of methoxy groups -OCH3 is 2. The van der Waals surface area contributed by atoms with Crippen molar-refractivity contribution in [2.24, 2.45) is 0 Å². The molecule has 42 heavy (non-hydrogen) atoms. The Morgan fingerprint density at radius 1 is 0.881 bits per heavy atom. The van der Waals surface area contributed by atoms with E-state index in [0.717, 1.165) is 28.7 Å². The van der Waals surface area contributed by atoms with E-state index in [2.05, 4.69) is 19.6 Å². The van der Waals surface area contributed by atoms with Crippen LogP contribution in [-0.4, -0.2) is 38.6 Å². The van der Waals surface area contributed by atoms with Gasteiger partial charge in [-0.05, 0) is 41.4 Å². The molecule has 0 unspecified atom stereocenters. The second-order valence-electron chi connectivity index (χ2n) is 11.1. The summed E-state index contributed by atoms with van der Waals surface area (Å²) >= 11 is 6.94. The minimum Gasteiger partial charge on any atom is -0.497 e. The number of pyridine rings is 1. The summed E-state index contributed by atoms with van der Waals surface area (Å²) in [6, 6.07) is 17.8. The number of ether oxygens (including phenoxy) is 5. The van der Waals surface area contributed by atoms with E-state index in [4.69, 9.17) is 35.3 Å². The maximum atomic E-state index is 13.4. The molecule has 3 aromatic carbocycles. The molecule has 1 aromatic heterocycles. The summed E-state index contributed by atoms with van der Waals surface area (Å²) in [6.07, 6.45) is 1.61. The monoisotopic (exact) mass is 611 g/mol. The van der Waals surface area contributed by atoms with Gasteiger partial charge in [-0.15, -0.1) is 0 Å². The van der Waals surface area contributed by atoms with E-state index in [1.807, 2.05) is 48.5 Å². The van der Waals surface area contributed by atoms with E-state index in [9.17, 15) is 9.90 Å². The number of aromatic nitrogens is 1. The molecule has 0 spiro atoms. The minimum atomic E-state index is -1.29. The van der Waals surface area contributed by atoms with Crippen LogP contribution in [0.3, 0.4) is 0 Å². The van der Waals surface area contributed by atoms with Crippen molar-refractivity contribution >= 4 is 30.6 Å². The van der Waals surface area contributed by atoms with Gasteiger partial charge in [0.2, 0.25) is 0 Å². The van der Waals surface area contributed by atoms with Crippen LogP contribution >= 0.6 is 11.6 Å². The SMILES string of the molecule is COc1ccc(COc2cc3c(c(Cl)c2OCc2ccc(OC)cc2)c(=O)c(CO)cn3COCC[Si](C)(C)C)cc1. The van der Waals surface area contributed by atoms with E-state index in [-0.39, 0.29) is 47.1 Å². The van der Waals surface area contributed by atoms with Gasteiger partial charge in [-0.2, -0.15) is 0 Å². The van der Waals surface area contributed by atoms with E-state index in [1.165, 1.54) is 0 Å². The molecule has 0 aliphatic carbocycles. The summed E-state index contributed by atoms with van der Waals surface area (Å²) in [5.74, 6) is 2.10. The number of rotatable bonds is 14. The normalized spacial score (nSPS) is 11.5. The molecule has 224 valence electrons. The quantitative estimate of drug-likeness (QED) is 0.126. The Balaban J connectivity index is 1.74. The van der Waals surface area contributed by atoms with Crippen LogP contribution in [-0.2, 0) is 31.3 Å². The Hall–Kier alpha value is -3.50. The fourth-order valence-electron chi connectivity index (χ4n) is 4.28. The van der Waals surface area contributed by atoms with Gasteiger partial charge in [0.1, 0.15) is 31.4 Å². The first kappa shape index (κ1) is 31.4. The topological polar surface area (TPSA) is 88.4 Å². The molecule has 0 saturated heterocycles. The van der Waals surface area contributed by atoms with Crippen molar-refractivity contribution in [2.45, 2.75) is 52.2 Å². The summed E-state index contributed by atoms with van der Waals surface area (Å²) in [5.41, 5.74) is 2.16. The van der Waals surface area contributed by atoms with Gasteiger partial charge in [-0.25, -0.2) is 0 Å². The minimum absolute atomic E-state index is 0.113. The highest BCUT2D eigenvalue weighted by Gasteiger charge is 2.21. The molecule has 0 aliphatic rings. The second-order valence-corrected chi connectivity index (χ2v) is 17.1. The lowest BCUT2D eigenvalue weighted by atomic mass is 10.1. The highest BCUT2D eigenvalue weighted by molar-refractivity contribution is 6.76. The highest BCUT2D eigenvalue weighted by atomic mass is 35.5. The number of halogens is 1. The van der Waals surface area contributed by atoms with Crippen molar-refractivity contribution in [3.05, 3.63) is 92.7 Å².